The molecule has 0 aliphatic carbocycles. The average Bonchev–Trinajstić information content (AvgIpc) is 2.36. The summed E-state index contributed by atoms with van der Waals surface area (Å²) in [6, 6.07) is 0. The molecular formula is C16H34O4S2. The van der Waals surface area contributed by atoms with Crippen LogP contribution in [0, 0.1) is 0 Å². The lowest BCUT2D eigenvalue weighted by atomic mass is 10.3. The summed E-state index contributed by atoms with van der Waals surface area (Å²) in [7, 11) is 0. The molecule has 134 valence electrons. The van der Waals surface area contributed by atoms with Gasteiger partial charge in [-0.2, -0.15) is 23.5 Å². The Balaban J connectivity index is 3.46. The van der Waals surface area contributed by atoms with Gasteiger partial charge in [0, 0.05) is 21.0 Å². The summed E-state index contributed by atoms with van der Waals surface area (Å²) in [5, 5.41) is 19.5. The zero-order chi connectivity index (χ0) is 17.2. The van der Waals surface area contributed by atoms with Crippen molar-refractivity contribution in [1.29, 1.82) is 0 Å². The van der Waals surface area contributed by atoms with Crippen LogP contribution in [-0.2, 0) is 9.47 Å². The van der Waals surface area contributed by atoms with Crippen LogP contribution in [0.5, 0.6) is 0 Å². The Hall–Kier alpha value is 0.540. The van der Waals surface area contributed by atoms with E-state index < -0.39 is 12.2 Å². The maximum atomic E-state index is 9.77. The van der Waals surface area contributed by atoms with E-state index in [4.69, 9.17) is 9.47 Å². The smallest absolute Gasteiger partial charge is 0.0864 e. The summed E-state index contributed by atoms with van der Waals surface area (Å²) in [6.07, 6.45) is -0.893. The van der Waals surface area contributed by atoms with Crippen LogP contribution in [0.1, 0.15) is 41.5 Å². The first-order chi connectivity index (χ1) is 9.99. The molecule has 6 heteroatoms. The first kappa shape index (κ1) is 22.5. The van der Waals surface area contributed by atoms with Gasteiger partial charge in [0.05, 0.1) is 38.6 Å². The predicted octanol–water partition coefficient (Wildman–Crippen LogP) is 2.80. The number of aliphatic hydroxyl groups excluding tert-OH is 2. The molecule has 0 aromatic carbocycles. The molecular weight excluding hydrogens is 320 g/mol. The molecule has 0 radical (unpaired) electrons. The molecule has 0 aromatic rings. The van der Waals surface area contributed by atoms with Crippen LogP contribution in [0.2, 0.25) is 0 Å². The van der Waals surface area contributed by atoms with Crippen molar-refractivity contribution in [3.05, 3.63) is 0 Å². The second-order valence-corrected chi connectivity index (χ2v) is 11.0. The van der Waals surface area contributed by atoms with Gasteiger partial charge in [0.1, 0.15) is 0 Å². The third kappa shape index (κ3) is 16.9. The molecule has 0 rings (SSSR count). The largest absolute Gasteiger partial charge is 0.390 e. The van der Waals surface area contributed by atoms with Gasteiger partial charge in [0.2, 0.25) is 0 Å². The van der Waals surface area contributed by atoms with Gasteiger partial charge < -0.3 is 19.7 Å². The van der Waals surface area contributed by atoms with Gasteiger partial charge in [-0.15, -0.1) is 0 Å². The van der Waals surface area contributed by atoms with Crippen LogP contribution in [0.4, 0.5) is 0 Å². The minimum atomic E-state index is -0.446. The number of ether oxygens (including phenoxy) is 2. The normalized spacial score (nSPS) is 15.8. The topological polar surface area (TPSA) is 58.9 Å². The lowest BCUT2D eigenvalue weighted by Gasteiger charge is -2.20. The monoisotopic (exact) mass is 354 g/mol. The maximum Gasteiger partial charge on any atom is 0.0864 e. The summed E-state index contributed by atoms with van der Waals surface area (Å²) in [6.45, 7) is 14.3. The molecule has 2 N–H and O–H groups in total. The van der Waals surface area contributed by atoms with Crippen LogP contribution in [0.3, 0.4) is 0 Å². The Bertz CT molecular complexity index is 246. The third-order valence-corrected chi connectivity index (χ3v) is 5.24. The molecule has 0 heterocycles. The van der Waals surface area contributed by atoms with E-state index in [0.29, 0.717) is 37.9 Å². The molecule has 0 unspecified atom stereocenters. The number of aliphatic hydroxyl groups is 2. The fourth-order valence-electron chi connectivity index (χ4n) is 1.35. The van der Waals surface area contributed by atoms with E-state index in [-0.39, 0.29) is 9.49 Å². The lowest BCUT2D eigenvalue weighted by molar-refractivity contribution is -0.00849. The van der Waals surface area contributed by atoms with Gasteiger partial charge >= 0.3 is 0 Å². The minimum absolute atomic E-state index is 0.158. The van der Waals surface area contributed by atoms with E-state index in [2.05, 4.69) is 41.5 Å². The highest BCUT2D eigenvalue weighted by molar-refractivity contribution is 8.00. The Kier molecular flexibility index (Phi) is 11.4. The molecule has 2 atom stereocenters. The zero-order valence-electron chi connectivity index (χ0n) is 14.9. The van der Waals surface area contributed by atoms with Gasteiger partial charge in [-0.25, -0.2) is 0 Å². The van der Waals surface area contributed by atoms with Crippen molar-refractivity contribution in [2.75, 3.05) is 37.9 Å². The molecule has 0 saturated carbocycles. The Labute approximate surface area is 144 Å². The van der Waals surface area contributed by atoms with Crippen molar-refractivity contribution in [1.82, 2.24) is 0 Å². The highest BCUT2D eigenvalue weighted by Gasteiger charge is 2.15. The van der Waals surface area contributed by atoms with Crippen LogP contribution in [0.15, 0.2) is 0 Å². The second kappa shape index (κ2) is 11.2. The number of hydrogen-bond acceptors (Lipinski definition) is 6. The van der Waals surface area contributed by atoms with Crippen LogP contribution in [-0.4, -0.2) is 69.8 Å². The first-order valence-corrected chi connectivity index (χ1v) is 9.76. The molecule has 0 aliphatic heterocycles. The highest BCUT2D eigenvalue weighted by Crippen LogP contribution is 2.24. The maximum absolute atomic E-state index is 9.77. The van der Waals surface area contributed by atoms with Crippen molar-refractivity contribution in [2.45, 2.75) is 63.2 Å². The quantitative estimate of drug-likeness (QED) is 0.557. The summed E-state index contributed by atoms with van der Waals surface area (Å²) in [5.41, 5.74) is 0. The van der Waals surface area contributed by atoms with Crippen LogP contribution >= 0.6 is 23.5 Å². The lowest BCUT2D eigenvalue weighted by Crippen LogP contribution is -2.24. The molecule has 0 spiro atoms. The minimum Gasteiger partial charge on any atom is -0.390 e. The molecule has 0 saturated heterocycles. The van der Waals surface area contributed by atoms with Gasteiger partial charge in [-0.3, -0.25) is 0 Å². The molecule has 0 fully saturated rings. The van der Waals surface area contributed by atoms with Crippen molar-refractivity contribution < 1.29 is 19.7 Å². The van der Waals surface area contributed by atoms with Crippen molar-refractivity contribution >= 4 is 23.5 Å². The fourth-order valence-corrected chi connectivity index (χ4v) is 2.92. The summed E-state index contributed by atoms with van der Waals surface area (Å²) < 4.78 is 11.1. The van der Waals surface area contributed by atoms with E-state index in [0.717, 1.165) is 0 Å². The van der Waals surface area contributed by atoms with Crippen LogP contribution in [0.25, 0.3) is 0 Å². The average molecular weight is 355 g/mol. The van der Waals surface area contributed by atoms with Gasteiger partial charge in [0.15, 0.2) is 0 Å². The fraction of sp³-hybridized carbons (Fsp3) is 1.00. The van der Waals surface area contributed by atoms with Crippen molar-refractivity contribution in [3.8, 4) is 0 Å². The Morgan fingerprint density at radius 2 is 1.05 bits per heavy atom. The highest BCUT2D eigenvalue weighted by atomic mass is 32.2. The standard InChI is InChI=1S/C16H34O4S2/c1-15(2,3)21-11-13(17)9-19-7-8-20-10-14(18)12-22-16(4,5)6/h13-14,17-18H,7-12H2,1-6H3/t13-,14-/m0/s1. The Morgan fingerprint density at radius 1 is 0.727 bits per heavy atom. The number of hydrogen-bond donors (Lipinski definition) is 2. The van der Waals surface area contributed by atoms with Gasteiger partial charge in [-0.1, -0.05) is 41.5 Å². The summed E-state index contributed by atoms with van der Waals surface area (Å²) >= 11 is 3.45. The molecule has 0 aromatic heterocycles. The molecule has 0 amide bonds. The Morgan fingerprint density at radius 3 is 1.32 bits per heavy atom. The van der Waals surface area contributed by atoms with E-state index in [1.54, 1.807) is 23.5 Å². The predicted molar refractivity (Wildman–Crippen MR) is 98.1 cm³/mol. The first-order valence-electron chi connectivity index (χ1n) is 7.79. The van der Waals surface area contributed by atoms with Crippen molar-refractivity contribution in [3.63, 3.8) is 0 Å². The summed E-state index contributed by atoms with van der Waals surface area (Å²) in [5.74, 6) is 1.35. The van der Waals surface area contributed by atoms with E-state index in [1.807, 2.05) is 0 Å². The second-order valence-electron chi connectivity index (χ2n) is 7.30. The number of rotatable bonds is 11. The molecule has 22 heavy (non-hydrogen) atoms. The third-order valence-electron chi connectivity index (χ3n) is 2.41. The zero-order valence-corrected chi connectivity index (χ0v) is 16.6. The van der Waals surface area contributed by atoms with Crippen LogP contribution < -0.4 is 0 Å². The molecule has 0 bridgehead atoms. The number of thioether (sulfide) groups is 2. The summed E-state index contributed by atoms with van der Waals surface area (Å²) in [4.78, 5) is 0. The van der Waals surface area contributed by atoms with Crippen molar-refractivity contribution in [2.24, 2.45) is 0 Å². The molecule has 4 nitrogen and oxygen atoms in total. The van der Waals surface area contributed by atoms with E-state index >= 15 is 0 Å². The van der Waals surface area contributed by atoms with E-state index in [1.165, 1.54) is 0 Å². The van der Waals surface area contributed by atoms with Gasteiger partial charge in [-0.05, 0) is 0 Å². The SMILES string of the molecule is CC(C)(C)SC[C@@H](O)COCCOC[C@H](O)CSC(C)(C)C. The van der Waals surface area contributed by atoms with Gasteiger partial charge in [0.25, 0.3) is 0 Å². The van der Waals surface area contributed by atoms with E-state index in [9.17, 15) is 10.2 Å². The molecule has 0 aliphatic rings.